The largest absolute Gasteiger partial charge is 0.485 e. The normalized spacial score (nSPS) is 20.9. The van der Waals surface area contributed by atoms with Crippen molar-refractivity contribution in [1.82, 2.24) is 24.4 Å². The first-order valence-corrected chi connectivity index (χ1v) is 10.8. The number of ether oxygens (including phenoxy) is 1. The molecule has 0 saturated carbocycles. The predicted octanol–water partition coefficient (Wildman–Crippen LogP) is 2.35. The van der Waals surface area contributed by atoms with Crippen LogP contribution in [-0.2, 0) is 13.1 Å². The van der Waals surface area contributed by atoms with Gasteiger partial charge in [-0.15, -0.1) is 0 Å². The van der Waals surface area contributed by atoms with Crippen LogP contribution in [0.4, 0.5) is 4.39 Å². The number of likely N-dealkylation sites (N-methyl/N-ethyl adjacent to an activating group) is 1. The zero-order valence-corrected chi connectivity index (χ0v) is 18.7. The van der Waals surface area contributed by atoms with Gasteiger partial charge >= 0.3 is 0 Å². The van der Waals surface area contributed by atoms with E-state index in [2.05, 4.69) is 10.1 Å². The summed E-state index contributed by atoms with van der Waals surface area (Å²) >= 11 is 6.30. The fourth-order valence-corrected chi connectivity index (χ4v) is 4.54. The fraction of sp³-hybridized carbons (Fsp3) is 0.409. The number of aryl methyl sites for hydroxylation is 2. The number of hydrogen-bond donors (Lipinski definition) is 1. The Balaban J connectivity index is 1.43. The fourth-order valence-electron chi connectivity index (χ4n) is 4.42. The summed E-state index contributed by atoms with van der Waals surface area (Å²) in [6, 6.07) is 3.86. The molecule has 2 aliphatic rings. The van der Waals surface area contributed by atoms with Gasteiger partial charge in [-0.1, -0.05) is 11.6 Å². The molecule has 32 heavy (non-hydrogen) atoms. The molecule has 1 amide bonds. The van der Waals surface area contributed by atoms with Gasteiger partial charge in [-0.2, -0.15) is 5.10 Å². The third-order valence-corrected chi connectivity index (χ3v) is 6.66. The summed E-state index contributed by atoms with van der Waals surface area (Å²) in [6.07, 6.45) is -1.24. The molecule has 2 atom stereocenters. The zero-order valence-electron chi connectivity index (χ0n) is 18.0. The van der Waals surface area contributed by atoms with Gasteiger partial charge in [-0.3, -0.25) is 9.69 Å². The van der Waals surface area contributed by atoms with E-state index in [4.69, 9.17) is 16.3 Å². The molecule has 0 bridgehead atoms. The Morgan fingerprint density at radius 1 is 1.28 bits per heavy atom. The number of β-amino-alcohol motifs (C(OH)–C–C–N with tert-alkyl or cyclic N) is 1. The average Bonchev–Trinajstić information content (AvgIpc) is 3.39. The van der Waals surface area contributed by atoms with Gasteiger partial charge in [-0.05, 0) is 33.0 Å². The number of aromatic nitrogens is 3. The molecule has 0 aliphatic carbocycles. The molecule has 2 aromatic heterocycles. The second-order valence-electron chi connectivity index (χ2n) is 8.50. The van der Waals surface area contributed by atoms with Crippen LogP contribution in [0.3, 0.4) is 0 Å². The Morgan fingerprint density at radius 3 is 2.78 bits per heavy atom. The maximum absolute atomic E-state index is 14.0. The molecular formula is C22H23ClFN5O3. The van der Waals surface area contributed by atoms with Crippen molar-refractivity contribution < 1.29 is 19.0 Å². The minimum atomic E-state index is -0.708. The number of carbonyl (C=O) groups is 1. The Hall–Kier alpha value is -2.75. The maximum Gasteiger partial charge on any atom is 0.258 e. The summed E-state index contributed by atoms with van der Waals surface area (Å²) in [6.45, 7) is 5.30. The van der Waals surface area contributed by atoms with E-state index in [0.29, 0.717) is 42.5 Å². The molecule has 5 rings (SSSR count). The summed E-state index contributed by atoms with van der Waals surface area (Å²) in [5.74, 6) is -0.670. The van der Waals surface area contributed by atoms with Crippen LogP contribution in [0.25, 0.3) is 5.65 Å². The zero-order chi connectivity index (χ0) is 22.7. The van der Waals surface area contributed by atoms with E-state index >= 15 is 0 Å². The van der Waals surface area contributed by atoms with Gasteiger partial charge in [0, 0.05) is 24.7 Å². The smallest absolute Gasteiger partial charge is 0.258 e. The third-order valence-electron chi connectivity index (χ3n) is 6.11. The summed E-state index contributed by atoms with van der Waals surface area (Å²) in [5.41, 5.74) is 4.07. The van der Waals surface area contributed by atoms with Gasteiger partial charge in [0.1, 0.15) is 23.8 Å². The summed E-state index contributed by atoms with van der Waals surface area (Å²) in [4.78, 5) is 21.5. The van der Waals surface area contributed by atoms with Crippen molar-refractivity contribution in [2.45, 2.75) is 39.1 Å². The molecule has 0 radical (unpaired) electrons. The van der Waals surface area contributed by atoms with Crippen molar-refractivity contribution in [3.63, 3.8) is 0 Å². The Morgan fingerprint density at radius 2 is 2.06 bits per heavy atom. The molecule has 8 nitrogen and oxygen atoms in total. The highest BCUT2D eigenvalue weighted by atomic mass is 35.5. The van der Waals surface area contributed by atoms with Gasteiger partial charge in [0.05, 0.1) is 40.8 Å². The van der Waals surface area contributed by atoms with E-state index in [0.717, 1.165) is 17.0 Å². The first kappa shape index (κ1) is 21.1. The van der Waals surface area contributed by atoms with Gasteiger partial charge in [-0.25, -0.2) is 13.9 Å². The molecule has 0 spiro atoms. The van der Waals surface area contributed by atoms with E-state index in [1.54, 1.807) is 9.42 Å². The number of amides is 1. The van der Waals surface area contributed by atoms with Crippen LogP contribution in [-0.4, -0.2) is 67.8 Å². The van der Waals surface area contributed by atoms with Crippen LogP contribution in [0.2, 0.25) is 5.02 Å². The lowest BCUT2D eigenvalue weighted by Crippen LogP contribution is -2.32. The van der Waals surface area contributed by atoms with Gasteiger partial charge < -0.3 is 14.7 Å². The first-order valence-electron chi connectivity index (χ1n) is 10.4. The lowest BCUT2D eigenvalue weighted by atomic mass is 10.1. The minimum Gasteiger partial charge on any atom is -0.485 e. The van der Waals surface area contributed by atoms with Gasteiger partial charge in [0.15, 0.2) is 5.65 Å². The van der Waals surface area contributed by atoms with Crippen LogP contribution in [0, 0.1) is 19.7 Å². The van der Waals surface area contributed by atoms with Crippen LogP contribution in [0.5, 0.6) is 5.75 Å². The molecule has 168 valence electrons. The Kier molecular flexibility index (Phi) is 5.07. The Bertz CT molecular complexity index is 1250. The third kappa shape index (κ3) is 3.41. The van der Waals surface area contributed by atoms with E-state index in [1.165, 1.54) is 18.2 Å². The van der Waals surface area contributed by atoms with Gasteiger partial charge in [0.2, 0.25) is 0 Å². The number of aliphatic hydroxyl groups is 1. The van der Waals surface area contributed by atoms with Crippen molar-refractivity contribution in [2.75, 3.05) is 20.1 Å². The maximum atomic E-state index is 14.0. The SMILES string of the molecule is Cc1nc2c3c(nn2c(C)c1Cl)CN(C(=O)c1ccc(F)cc1OC1CN(C)CC1O)C3. The number of rotatable bonds is 3. The highest BCUT2D eigenvalue weighted by Crippen LogP contribution is 2.32. The lowest BCUT2D eigenvalue weighted by molar-refractivity contribution is 0.0666. The van der Waals surface area contributed by atoms with Crippen LogP contribution >= 0.6 is 11.6 Å². The summed E-state index contributed by atoms with van der Waals surface area (Å²) in [7, 11) is 1.87. The predicted molar refractivity (Wildman–Crippen MR) is 115 cm³/mol. The Labute approximate surface area is 189 Å². The molecule has 4 heterocycles. The van der Waals surface area contributed by atoms with E-state index in [-0.39, 0.29) is 17.2 Å². The number of benzene rings is 1. The summed E-state index contributed by atoms with van der Waals surface area (Å²) < 4.78 is 21.6. The number of aliphatic hydroxyl groups excluding tert-OH is 1. The molecule has 1 N–H and O–H groups in total. The molecule has 2 unspecified atom stereocenters. The summed E-state index contributed by atoms with van der Waals surface area (Å²) in [5, 5.41) is 15.4. The van der Waals surface area contributed by atoms with Crippen molar-refractivity contribution >= 4 is 23.2 Å². The molecule has 10 heteroatoms. The molecule has 2 aliphatic heterocycles. The second kappa shape index (κ2) is 7.68. The second-order valence-corrected chi connectivity index (χ2v) is 8.88. The van der Waals surface area contributed by atoms with Crippen LogP contribution < -0.4 is 4.74 Å². The van der Waals surface area contributed by atoms with Crippen LogP contribution in [0.1, 0.15) is 33.0 Å². The minimum absolute atomic E-state index is 0.129. The van der Waals surface area contributed by atoms with E-state index in [1.807, 2.05) is 25.8 Å². The molecule has 1 fully saturated rings. The molecule has 3 aromatic rings. The number of nitrogens with zero attached hydrogens (tertiary/aromatic N) is 5. The van der Waals surface area contributed by atoms with E-state index in [9.17, 15) is 14.3 Å². The average molecular weight is 460 g/mol. The highest BCUT2D eigenvalue weighted by Gasteiger charge is 2.34. The van der Waals surface area contributed by atoms with Gasteiger partial charge in [0.25, 0.3) is 5.91 Å². The standard InChI is InChI=1S/C22H23ClFN5O3/c1-11-20(23)12(2)29-21(25-11)15-7-28(8-16(15)26-29)22(31)14-5-4-13(24)6-18(14)32-19-10-27(3)9-17(19)30/h4-6,17,19,30H,7-10H2,1-3H3. The van der Waals surface area contributed by atoms with Crippen LogP contribution in [0.15, 0.2) is 18.2 Å². The monoisotopic (exact) mass is 459 g/mol. The number of hydrogen-bond acceptors (Lipinski definition) is 6. The topological polar surface area (TPSA) is 83.2 Å². The van der Waals surface area contributed by atoms with Crippen molar-refractivity contribution in [1.29, 1.82) is 0 Å². The quantitative estimate of drug-likeness (QED) is 0.647. The lowest BCUT2D eigenvalue weighted by Gasteiger charge is -2.21. The number of likely N-dealkylation sites (tertiary alicyclic amines) is 1. The van der Waals surface area contributed by atoms with Crippen molar-refractivity contribution in [3.8, 4) is 5.75 Å². The van der Waals surface area contributed by atoms with Crippen molar-refractivity contribution in [2.24, 2.45) is 0 Å². The number of fused-ring (bicyclic) bond motifs is 3. The van der Waals surface area contributed by atoms with E-state index < -0.39 is 18.0 Å². The number of halogens is 2. The molecular weight excluding hydrogens is 437 g/mol. The molecule has 1 saturated heterocycles. The number of carbonyl (C=O) groups excluding carboxylic acids is 1. The molecule has 1 aromatic carbocycles. The first-order chi connectivity index (χ1) is 15.2. The van der Waals surface area contributed by atoms with Crippen molar-refractivity contribution in [3.05, 3.63) is 57.2 Å². The highest BCUT2D eigenvalue weighted by molar-refractivity contribution is 6.31.